The largest absolute Gasteiger partial charge is 0.307 e. The summed E-state index contributed by atoms with van der Waals surface area (Å²) in [6.07, 6.45) is 0. The summed E-state index contributed by atoms with van der Waals surface area (Å²) >= 11 is 0. The van der Waals surface area contributed by atoms with Crippen LogP contribution < -0.4 is 0 Å². The predicted octanol–water partition coefficient (Wildman–Crippen LogP) is 0.841. The Kier molecular flexibility index (Phi) is 160. The lowest BCUT2D eigenvalue weighted by molar-refractivity contribution is -0.0979. The number of hydrogen-bond acceptors (Lipinski definition) is 1. The second-order valence-electron chi connectivity index (χ2n) is 0. The summed E-state index contributed by atoms with van der Waals surface area (Å²) in [7, 11) is 0. The molecule has 0 atom stereocenters. The van der Waals surface area contributed by atoms with Crippen molar-refractivity contribution in [3.05, 3.63) is 0 Å². The molecule has 0 radical (unpaired) electrons. The molecule has 0 aromatic carbocycles. The van der Waals surface area contributed by atoms with Gasteiger partial charge in [-0.05, 0) is 0 Å². The van der Waals surface area contributed by atoms with Crippen LogP contribution in [0.5, 0.6) is 0 Å². The van der Waals surface area contributed by atoms with Crippen LogP contribution in [0, 0.1) is 0 Å². The molecule has 0 aliphatic rings. The standard InChI is InChI=1S/C2H6.CH2O/c2*1-2/h1-2H3;1H2. The first kappa shape index (κ1) is 9.38. The van der Waals surface area contributed by atoms with E-state index in [-0.39, 0.29) is 0 Å². The van der Waals surface area contributed by atoms with Gasteiger partial charge in [0.15, 0.2) is 0 Å². The van der Waals surface area contributed by atoms with Gasteiger partial charge < -0.3 is 4.79 Å². The van der Waals surface area contributed by atoms with Crippen molar-refractivity contribution in [2.24, 2.45) is 0 Å². The average molecular weight is 60.1 g/mol. The van der Waals surface area contributed by atoms with E-state index in [0.717, 1.165) is 0 Å². The molecule has 0 fully saturated rings. The Labute approximate surface area is 26.6 Å². The molecule has 0 aromatic heterocycles. The zero-order valence-electron chi connectivity index (χ0n) is 3.12. The zero-order chi connectivity index (χ0) is 4.00. The molecule has 0 unspecified atom stereocenters. The molecule has 1 nitrogen and oxygen atoms in total. The highest BCUT2D eigenvalue weighted by molar-refractivity contribution is 5.10. The van der Waals surface area contributed by atoms with E-state index in [1.165, 1.54) is 0 Å². The summed E-state index contributed by atoms with van der Waals surface area (Å²) in [5.74, 6) is 0. The highest BCUT2D eigenvalue weighted by Crippen LogP contribution is 1.14. The van der Waals surface area contributed by atoms with E-state index < -0.39 is 0 Å². The lowest BCUT2D eigenvalue weighted by Crippen LogP contribution is -0.925. The molecule has 0 aliphatic heterocycles. The average Bonchev–Trinajstić information content (AvgIpc) is 1.50. The van der Waals surface area contributed by atoms with Crippen molar-refractivity contribution in [1.29, 1.82) is 0 Å². The van der Waals surface area contributed by atoms with Crippen LogP contribution in [0.25, 0.3) is 0 Å². The predicted molar refractivity (Wildman–Crippen MR) is 18.5 cm³/mol. The Morgan fingerprint density at radius 3 is 1.25 bits per heavy atom. The molecular weight excluding hydrogens is 52.0 g/mol. The van der Waals surface area contributed by atoms with Crippen LogP contribution in [-0.4, -0.2) is 6.79 Å². The Hall–Kier alpha value is -0.330. The van der Waals surface area contributed by atoms with Gasteiger partial charge in [-0.15, -0.1) is 0 Å². The van der Waals surface area contributed by atoms with E-state index in [0.29, 0.717) is 0 Å². The van der Waals surface area contributed by atoms with Crippen LogP contribution in [0.2, 0.25) is 0 Å². The monoisotopic (exact) mass is 60.1 g/mol. The maximum Gasteiger partial charge on any atom is 0.106 e. The van der Waals surface area contributed by atoms with Crippen molar-refractivity contribution in [3.8, 4) is 0 Å². The highest BCUT2D eigenvalue weighted by Gasteiger charge is 0.932. The first-order chi connectivity index (χ1) is 2.00. The minimum absolute atomic E-state index is 2.00. The fourth-order valence-corrected chi connectivity index (χ4v) is 0. The van der Waals surface area contributed by atoms with E-state index in [2.05, 4.69) is 0 Å². The first-order valence-corrected chi connectivity index (χ1v) is 1.29. The number of rotatable bonds is 0. The van der Waals surface area contributed by atoms with E-state index in [9.17, 15) is 0 Å². The lowest BCUT2D eigenvalue weighted by atomic mass is 11.0. The minimum Gasteiger partial charge on any atom is -0.307 e. The van der Waals surface area contributed by atoms with Gasteiger partial charge >= 0.3 is 0 Å². The van der Waals surface area contributed by atoms with E-state index in [1.807, 2.05) is 20.6 Å². The molecule has 0 amide bonds. The SMILES string of the molecule is C=O.CC. The van der Waals surface area contributed by atoms with Gasteiger partial charge in [-0.1, -0.05) is 13.8 Å². The van der Waals surface area contributed by atoms with Crippen molar-refractivity contribution in [1.82, 2.24) is 0 Å². The Bertz CT molecular complexity index is 3.25. The van der Waals surface area contributed by atoms with E-state index in [1.54, 1.807) is 0 Å². The van der Waals surface area contributed by atoms with Crippen molar-refractivity contribution in [2.75, 3.05) is 0 Å². The van der Waals surface area contributed by atoms with Crippen LogP contribution in [0.1, 0.15) is 13.8 Å². The third kappa shape index (κ3) is 6.88. The van der Waals surface area contributed by atoms with E-state index in [4.69, 9.17) is 4.79 Å². The van der Waals surface area contributed by atoms with Gasteiger partial charge in [-0.25, -0.2) is 0 Å². The summed E-state index contributed by atoms with van der Waals surface area (Å²) in [5, 5.41) is 0. The summed E-state index contributed by atoms with van der Waals surface area (Å²) in [6.45, 7) is 6.00. The molecule has 0 rings (SSSR count). The molecule has 0 bridgehead atoms. The number of hydrogen-bond donors (Lipinski definition) is 0. The van der Waals surface area contributed by atoms with Gasteiger partial charge in [0.2, 0.25) is 0 Å². The summed E-state index contributed by atoms with van der Waals surface area (Å²) in [4.78, 5) is 8.00. The van der Waals surface area contributed by atoms with Crippen LogP contribution in [0.3, 0.4) is 0 Å². The quantitative estimate of drug-likeness (QED) is 0.405. The van der Waals surface area contributed by atoms with Gasteiger partial charge in [0, 0.05) is 0 Å². The molecule has 0 aromatic rings. The highest BCUT2D eigenvalue weighted by atomic mass is 16.1. The van der Waals surface area contributed by atoms with Crippen molar-refractivity contribution in [2.45, 2.75) is 13.8 Å². The summed E-state index contributed by atoms with van der Waals surface area (Å²) < 4.78 is 0. The van der Waals surface area contributed by atoms with Crippen molar-refractivity contribution in [3.63, 3.8) is 0 Å². The van der Waals surface area contributed by atoms with Gasteiger partial charge in [-0.3, -0.25) is 0 Å². The maximum atomic E-state index is 8.00. The maximum absolute atomic E-state index is 8.00. The molecule has 0 spiro atoms. The topological polar surface area (TPSA) is 17.1 Å². The first-order valence-electron chi connectivity index (χ1n) is 1.29. The molecule has 0 saturated carbocycles. The smallest absolute Gasteiger partial charge is 0.106 e. The minimum atomic E-state index is 2.00. The van der Waals surface area contributed by atoms with Gasteiger partial charge in [0.1, 0.15) is 6.79 Å². The Morgan fingerprint density at radius 1 is 1.25 bits per heavy atom. The Balaban J connectivity index is 0. The fraction of sp³-hybridized carbons (Fsp3) is 0.667. The molecule has 26 valence electrons. The normalized spacial score (nSPS) is 2.50. The molecular formula is C3H8O. The van der Waals surface area contributed by atoms with Crippen molar-refractivity contribution >= 4 is 6.79 Å². The second-order valence-corrected chi connectivity index (χ2v) is 0. The number of carbonyl (C=O) groups is 1. The molecule has 0 aliphatic carbocycles. The third-order valence-corrected chi connectivity index (χ3v) is 0. The van der Waals surface area contributed by atoms with Gasteiger partial charge in [0.05, 0.1) is 0 Å². The lowest BCUT2D eigenvalue weighted by Gasteiger charge is -1.07. The van der Waals surface area contributed by atoms with Gasteiger partial charge in [-0.2, -0.15) is 0 Å². The summed E-state index contributed by atoms with van der Waals surface area (Å²) in [5.41, 5.74) is 0. The van der Waals surface area contributed by atoms with Crippen LogP contribution in [0.4, 0.5) is 0 Å². The van der Waals surface area contributed by atoms with Crippen LogP contribution >= 0.6 is 0 Å². The molecule has 0 heterocycles. The third-order valence-electron chi connectivity index (χ3n) is 0. The molecule has 4 heavy (non-hydrogen) atoms. The zero-order valence-corrected chi connectivity index (χ0v) is 3.12. The van der Waals surface area contributed by atoms with Crippen LogP contribution in [-0.2, 0) is 4.79 Å². The Morgan fingerprint density at radius 2 is 1.25 bits per heavy atom. The van der Waals surface area contributed by atoms with Crippen molar-refractivity contribution < 1.29 is 4.79 Å². The fourth-order valence-electron chi connectivity index (χ4n) is 0. The molecule has 1 heteroatoms. The van der Waals surface area contributed by atoms with Crippen LogP contribution in [0.15, 0.2) is 0 Å². The summed E-state index contributed by atoms with van der Waals surface area (Å²) in [6, 6.07) is 0. The van der Waals surface area contributed by atoms with E-state index >= 15 is 0 Å². The molecule has 0 saturated heterocycles. The molecule has 0 N–H and O–H groups in total. The second kappa shape index (κ2) is 68.4. The van der Waals surface area contributed by atoms with Gasteiger partial charge in [0.25, 0.3) is 0 Å². The number of carbonyl (C=O) groups excluding carboxylic acids is 1.